The molecule has 0 bridgehead atoms. The summed E-state index contributed by atoms with van der Waals surface area (Å²) in [6.07, 6.45) is -4.87. The van der Waals surface area contributed by atoms with Gasteiger partial charge in [-0.15, -0.1) is 13.2 Å². The van der Waals surface area contributed by atoms with Crippen molar-refractivity contribution in [2.24, 2.45) is 0 Å². The highest BCUT2D eigenvalue weighted by atomic mass is 35.5. The Hall–Kier alpha value is -2.70. The van der Waals surface area contributed by atoms with Gasteiger partial charge in [0.05, 0.1) is 9.92 Å². The number of hydrogen-bond donors (Lipinski definition) is 0. The number of benzene rings is 2. The van der Waals surface area contributed by atoms with Crippen LogP contribution in [-0.4, -0.2) is 62.9 Å². The van der Waals surface area contributed by atoms with Crippen molar-refractivity contribution >= 4 is 27.5 Å². The normalized spacial score (nSPS) is 16.8. The first kappa shape index (κ1) is 22.5. The third kappa shape index (κ3) is 4.57. The number of nitrogens with zero attached hydrogens (tertiary/aromatic N) is 2. The number of amides is 1. The minimum Gasteiger partial charge on any atom is -0.454 e. The summed E-state index contributed by atoms with van der Waals surface area (Å²) in [6, 6.07) is 6.94. The predicted octanol–water partition coefficient (Wildman–Crippen LogP) is 3.11. The van der Waals surface area contributed by atoms with Gasteiger partial charge in [0.1, 0.15) is 5.75 Å². The number of piperazine rings is 1. The van der Waals surface area contributed by atoms with E-state index >= 15 is 0 Å². The summed E-state index contributed by atoms with van der Waals surface area (Å²) < 4.78 is 77.9. The van der Waals surface area contributed by atoms with E-state index in [1.165, 1.54) is 21.3 Å². The first-order valence-corrected chi connectivity index (χ1v) is 11.1. The van der Waals surface area contributed by atoms with E-state index in [0.29, 0.717) is 11.5 Å². The topological polar surface area (TPSA) is 85.4 Å². The molecule has 2 aliphatic heterocycles. The average molecular weight is 493 g/mol. The molecule has 0 aromatic heterocycles. The molecule has 0 saturated carbocycles. The monoisotopic (exact) mass is 492 g/mol. The molecule has 0 spiro atoms. The molecule has 0 aliphatic carbocycles. The van der Waals surface area contributed by atoms with Crippen molar-refractivity contribution in [3.8, 4) is 17.2 Å². The zero-order chi connectivity index (χ0) is 23.1. The Balaban J connectivity index is 1.42. The second-order valence-electron chi connectivity index (χ2n) is 6.91. The molecule has 1 saturated heterocycles. The van der Waals surface area contributed by atoms with Crippen LogP contribution in [0.15, 0.2) is 41.3 Å². The number of hydrogen-bond acceptors (Lipinski definition) is 6. The summed E-state index contributed by atoms with van der Waals surface area (Å²) in [5.74, 6) is -0.129. The molecule has 0 atom stereocenters. The van der Waals surface area contributed by atoms with E-state index in [1.54, 1.807) is 0 Å². The van der Waals surface area contributed by atoms with Gasteiger partial charge in [0.15, 0.2) is 11.5 Å². The van der Waals surface area contributed by atoms with Crippen LogP contribution >= 0.6 is 11.6 Å². The van der Waals surface area contributed by atoms with Gasteiger partial charge < -0.3 is 19.1 Å². The van der Waals surface area contributed by atoms with Crippen LogP contribution in [0.1, 0.15) is 10.4 Å². The summed E-state index contributed by atoms with van der Waals surface area (Å²) in [4.78, 5) is 14.1. The van der Waals surface area contributed by atoms with E-state index in [2.05, 4.69) is 4.74 Å². The fourth-order valence-electron chi connectivity index (χ4n) is 3.37. The van der Waals surface area contributed by atoms with Crippen molar-refractivity contribution in [2.45, 2.75) is 11.3 Å². The number of carbonyl (C=O) groups is 1. The van der Waals surface area contributed by atoms with Gasteiger partial charge in [0, 0.05) is 31.7 Å². The smallest absolute Gasteiger partial charge is 0.454 e. The average Bonchev–Trinajstić information content (AvgIpc) is 3.22. The molecule has 172 valence electrons. The van der Waals surface area contributed by atoms with Crippen molar-refractivity contribution < 1.29 is 40.6 Å². The molecule has 0 unspecified atom stereocenters. The second kappa shape index (κ2) is 8.34. The molecule has 1 amide bonds. The Morgan fingerprint density at radius 2 is 1.69 bits per heavy atom. The molecule has 2 aliphatic rings. The lowest BCUT2D eigenvalue weighted by atomic mass is 10.1. The highest BCUT2D eigenvalue weighted by Crippen LogP contribution is 2.40. The van der Waals surface area contributed by atoms with E-state index in [4.69, 9.17) is 21.1 Å². The quantitative estimate of drug-likeness (QED) is 0.652. The summed E-state index contributed by atoms with van der Waals surface area (Å²) in [5.41, 5.74) is 0.288. The lowest BCUT2D eigenvalue weighted by Gasteiger charge is -2.34. The van der Waals surface area contributed by atoms with Crippen LogP contribution in [0.4, 0.5) is 13.2 Å². The van der Waals surface area contributed by atoms with E-state index < -0.39 is 22.1 Å². The molecule has 4 rings (SSSR count). The number of sulfonamides is 1. The van der Waals surface area contributed by atoms with Crippen LogP contribution in [-0.2, 0) is 10.0 Å². The summed E-state index contributed by atoms with van der Waals surface area (Å²) >= 11 is 6.12. The van der Waals surface area contributed by atoms with Gasteiger partial charge in [-0.25, -0.2) is 8.42 Å². The third-order valence-electron chi connectivity index (χ3n) is 4.90. The molecule has 2 aromatic carbocycles. The van der Waals surface area contributed by atoms with Crippen molar-refractivity contribution in [1.29, 1.82) is 0 Å². The van der Waals surface area contributed by atoms with Crippen LogP contribution in [0.25, 0.3) is 0 Å². The molecule has 0 radical (unpaired) electrons. The molecular formula is C19H16ClF3N2O6S. The standard InChI is InChI=1S/C19H16ClF3N2O6S/c20-15-9-12(10-16-17(15)30-11-29-16)18(26)24-5-7-25(8-6-24)32(27,28)14-3-1-13(2-4-14)31-19(21,22)23/h1-4,9-10H,5-8,11H2. The van der Waals surface area contributed by atoms with Gasteiger partial charge in [0.2, 0.25) is 16.8 Å². The predicted molar refractivity (Wildman–Crippen MR) is 105 cm³/mol. The first-order valence-electron chi connectivity index (χ1n) is 9.29. The largest absolute Gasteiger partial charge is 0.573 e. The lowest BCUT2D eigenvalue weighted by Crippen LogP contribution is -2.50. The van der Waals surface area contributed by atoms with E-state index in [0.717, 1.165) is 24.3 Å². The maximum atomic E-state index is 12.8. The fraction of sp³-hybridized carbons (Fsp3) is 0.316. The molecular weight excluding hydrogens is 477 g/mol. The van der Waals surface area contributed by atoms with E-state index in [-0.39, 0.29) is 54.4 Å². The fourth-order valence-corrected chi connectivity index (χ4v) is 5.05. The number of ether oxygens (including phenoxy) is 3. The highest BCUT2D eigenvalue weighted by molar-refractivity contribution is 7.89. The number of halogens is 4. The van der Waals surface area contributed by atoms with Gasteiger partial charge in [-0.1, -0.05) is 11.6 Å². The molecule has 13 heteroatoms. The Bertz CT molecular complexity index is 1130. The van der Waals surface area contributed by atoms with Crippen molar-refractivity contribution in [3.05, 3.63) is 47.0 Å². The zero-order valence-corrected chi connectivity index (χ0v) is 17.8. The maximum Gasteiger partial charge on any atom is 0.573 e. The Labute approximate surface area is 186 Å². The van der Waals surface area contributed by atoms with Gasteiger partial charge in [-0.2, -0.15) is 4.31 Å². The second-order valence-corrected chi connectivity index (χ2v) is 9.25. The SMILES string of the molecule is O=C(c1cc(Cl)c2c(c1)OCO2)N1CCN(S(=O)(=O)c2ccc(OC(F)(F)F)cc2)CC1. The summed E-state index contributed by atoms with van der Waals surface area (Å²) in [5, 5.41) is 0.238. The Morgan fingerprint density at radius 3 is 2.31 bits per heavy atom. The number of carbonyl (C=O) groups excluding carboxylic acids is 1. The van der Waals surface area contributed by atoms with Gasteiger partial charge in [0.25, 0.3) is 5.91 Å². The third-order valence-corrected chi connectivity index (χ3v) is 7.09. The minimum atomic E-state index is -4.87. The summed E-state index contributed by atoms with van der Waals surface area (Å²) in [7, 11) is -3.95. The van der Waals surface area contributed by atoms with E-state index in [9.17, 15) is 26.4 Å². The molecule has 0 N–H and O–H groups in total. The van der Waals surface area contributed by atoms with Crippen LogP contribution in [0.3, 0.4) is 0 Å². The molecule has 2 heterocycles. The molecule has 8 nitrogen and oxygen atoms in total. The minimum absolute atomic E-state index is 0.00649. The molecule has 1 fully saturated rings. The molecule has 32 heavy (non-hydrogen) atoms. The lowest BCUT2D eigenvalue weighted by molar-refractivity contribution is -0.274. The van der Waals surface area contributed by atoms with Crippen molar-refractivity contribution in [3.63, 3.8) is 0 Å². The first-order chi connectivity index (χ1) is 15.0. The van der Waals surface area contributed by atoms with Crippen molar-refractivity contribution in [2.75, 3.05) is 33.0 Å². The Morgan fingerprint density at radius 1 is 1.03 bits per heavy atom. The van der Waals surface area contributed by atoms with Crippen LogP contribution in [0.2, 0.25) is 5.02 Å². The zero-order valence-electron chi connectivity index (χ0n) is 16.3. The van der Waals surface area contributed by atoms with Gasteiger partial charge in [-0.3, -0.25) is 4.79 Å². The van der Waals surface area contributed by atoms with Gasteiger partial charge >= 0.3 is 6.36 Å². The van der Waals surface area contributed by atoms with E-state index in [1.807, 2.05) is 0 Å². The Kier molecular flexibility index (Phi) is 5.86. The highest BCUT2D eigenvalue weighted by Gasteiger charge is 2.33. The molecule has 2 aromatic rings. The number of rotatable bonds is 4. The maximum absolute atomic E-state index is 12.8. The van der Waals surface area contributed by atoms with Crippen LogP contribution < -0.4 is 14.2 Å². The van der Waals surface area contributed by atoms with Crippen LogP contribution in [0.5, 0.6) is 17.2 Å². The van der Waals surface area contributed by atoms with Crippen molar-refractivity contribution in [1.82, 2.24) is 9.21 Å². The van der Waals surface area contributed by atoms with Crippen LogP contribution in [0, 0.1) is 0 Å². The number of fused-ring (bicyclic) bond motifs is 1. The summed E-state index contributed by atoms with van der Waals surface area (Å²) in [6.45, 7) is 0.297. The number of alkyl halides is 3. The van der Waals surface area contributed by atoms with Gasteiger partial charge in [-0.05, 0) is 36.4 Å².